The van der Waals surface area contributed by atoms with Crippen molar-refractivity contribution < 1.29 is 4.79 Å². The van der Waals surface area contributed by atoms with E-state index in [1.54, 1.807) is 0 Å². The second-order valence-electron chi connectivity index (χ2n) is 8.44. The third kappa shape index (κ3) is 3.58. The van der Waals surface area contributed by atoms with Gasteiger partial charge in [-0.15, -0.1) is 10.2 Å². The minimum atomic E-state index is -0.697. The van der Waals surface area contributed by atoms with Gasteiger partial charge in [-0.1, -0.05) is 0 Å². The molecule has 0 aliphatic carbocycles. The highest BCUT2D eigenvalue weighted by Crippen LogP contribution is 2.28. The first kappa shape index (κ1) is 19.1. The van der Waals surface area contributed by atoms with Crippen LogP contribution in [0.5, 0.6) is 0 Å². The number of amides is 1. The number of nitrogens with zero attached hydrogens (tertiary/aromatic N) is 6. The van der Waals surface area contributed by atoms with E-state index in [1.165, 1.54) is 0 Å². The van der Waals surface area contributed by atoms with Crippen LogP contribution in [0.25, 0.3) is 10.9 Å². The van der Waals surface area contributed by atoms with Gasteiger partial charge in [0, 0.05) is 36.4 Å². The van der Waals surface area contributed by atoms with Gasteiger partial charge in [-0.3, -0.25) is 9.48 Å². The van der Waals surface area contributed by atoms with Gasteiger partial charge >= 0.3 is 0 Å². The van der Waals surface area contributed by atoms with E-state index in [2.05, 4.69) is 41.3 Å². The summed E-state index contributed by atoms with van der Waals surface area (Å²) in [6.07, 6.45) is 2.01. The van der Waals surface area contributed by atoms with Crippen LogP contribution in [-0.4, -0.2) is 50.0 Å². The van der Waals surface area contributed by atoms with Gasteiger partial charge in [0.25, 0.3) is 5.91 Å². The number of aromatic nitrogens is 5. The normalized spacial score (nSPS) is 14.9. The maximum atomic E-state index is 11.8. The summed E-state index contributed by atoms with van der Waals surface area (Å²) < 4.78 is 1.95. The van der Waals surface area contributed by atoms with Gasteiger partial charge in [0.1, 0.15) is 0 Å². The number of carbonyl (C=O) groups excluding carboxylic acids is 1. The van der Waals surface area contributed by atoms with E-state index in [4.69, 9.17) is 16.6 Å². The molecule has 0 saturated carbocycles. The van der Waals surface area contributed by atoms with Crippen LogP contribution in [0, 0.1) is 6.92 Å². The zero-order chi connectivity index (χ0) is 20.9. The molecule has 0 unspecified atom stereocenters. The molecule has 0 bridgehead atoms. The third-order valence-corrected chi connectivity index (χ3v) is 4.85. The molecule has 4 rings (SSSR count). The molecule has 10 nitrogen and oxygen atoms in total. The quantitative estimate of drug-likeness (QED) is 0.600. The third-order valence-electron chi connectivity index (χ3n) is 4.85. The Labute approximate surface area is 168 Å². The molecule has 1 aliphatic rings. The van der Waals surface area contributed by atoms with E-state index in [0.717, 1.165) is 22.2 Å². The Morgan fingerprint density at radius 1 is 1.24 bits per heavy atom. The first-order valence-electron chi connectivity index (χ1n) is 9.44. The van der Waals surface area contributed by atoms with Gasteiger partial charge in [-0.2, -0.15) is 10.1 Å². The second-order valence-corrected chi connectivity index (χ2v) is 8.44. The maximum Gasteiger partial charge on any atom is 0.273 e. The minimum Gasteiger partial charge on any atom is -0.364 e. The SMILES string of the molecule is Cc1cc(Nc2nc(N3CC(N)C3)nnc2C(N)=O)cc2cn(C(C)(C)C)nc12. The minimum absolute atomic E-state index is 0.0123. The molecule has 3 aromatic rings. The first-order chi connectivity index (χ1) is 13.6. The van der Waals surface area contributed by atoms with E-state index >= 15 is 0 Å². The van der Waals surface area contributed by atoms with Crippen molar-refractivity contribution >= 4 is 34.3 Å². The number of hydrogen-bond acceptors (Lipinski definition) is 8. The van der Waals surface area contributed by atoms with Crippen molar-refractivity contribution in [2.45, 2.75) is 39.3 Å². The fourth-order valence-electron chi connectivity index (χ4n) is 3.24. The second kappa shape index (κ2) is 6.66. The van der Waals surface area contributed by atoms with Gasteiger partial charge in [-0.05, 0) is 45.4 Å². The molecule has 1 saturated heterocycles. The van der Waals surface area contributed by atoms with E-state index in [0.29, 0.717) is 19.0 Å². The lowest BCUT2D eigenvalue weighted by Gasteiger charge is -2.36. The molecule has 0 radical (unpaired) electrons. The highest BCUT2D eigenvalue weighted by molar-refractivity contribution is 5.96. The summed E-state index contributed by atoms with van der Waals surface area (Å²) in [5.41, 5.74) is 13.9. The fraction of sp³-hybridized carbons (Fsp3) is 0.421. The van der Waals surface area contributed by atoms with Crippen LogP contribution in [-0.2, 0) is 5.54 Å². The number of anilines is 3. The Morgan fingerprint density at radius 2 is 1.97 bits per heavy atom. The number of hydrogen-bond donors (Lipinski definition) is 3. The van der Waals surface area contributed by atoms with E-state index < -0.39 is 5.91 Å². The summed E-state index contributed by atoms with van der Waals surface area (Å²) in [5, 5.41) is 16.9. The molecular weight excluding hydrogens is 370 g/mol. The molecule has 10 heteroatoms. The number of fused-ring (bicyclic) bond motifs is 1. The molecule has 1 fully saturated rings. The number of benzene rings is 1. The van der Waals surface area contributed by atoms with Crippen LogP contribution in [0.15, 0.2) is 18.3 Å². The molecule has 0 spiro atoms. The number of carbonyl (C=O) groups is 1. The summed E-state index contributed by atoms with van der Waals surface area (Å²) >= 11 is 0. The molecule has 3 heterocycles. The largest absolute Gasteiger partial charge is 0.364 e. The number of nitrogens with two attached hydrogens (primary N) is 2. The van der Waals surface area contributed by atoms with Crippen LogP contribution in [0.3, 0.4) is 0 Å². The number of aryl methyl sites for hydroxylation is 1. The first-order valence-corrected chi connectivity index (χ1v) is 9.44. The molecule has 0 atom stereocenters. The standard InChI is InChI=1S/C19H25N9O/c1-10-5-13(6-11-7-28(19(2,3)4)26-14(10)11)22-17-15(16(21)29)24-25-18(23-17)27-8-12(20)9-27/h5-7,12H,8-9,20H2,1-4H3,(H2,21,29)(H,22,23,25). The lowest BCUT2D eigenvalue weighted by atomic mass is 10.1. The molecule has 1 aromatic carbocycles. The summed E-state index contributed by atoms with van der Waals surface area (Å²) in [4.78, 5) is 18.2. The van der Waals surface area contributed by atoms with Crippen LogP contribution >= 0.6 is 0 Å². The van der Waals surface area contributed by atoms with Gasteiger partial charge < -0.3 is 21.7 Å². The summed E-state index contributed by atoms with van der Waals surface area (Å²) in [6.45, 7) is 9.59. The van der Waals surface area contributed by atoms with Crippen molar-refractivity contribution in [2.75, 3.05) is 23.3 Å². The van der Waals surface area contributed by atoms with Gasteiger partial charge in [0.15, 0.2) is 11.5 Å². The van der Waals surface area contributed by atoms with Gasteiger partial charge in [-0.25, -0.2) is 0 Å². The van der Waals surface area contributed by atoms with Gasteiger partial charge in [0.2, 0.25) is 5.95 Å². The summed E-state index contributed by atoms with van der Waals surface area (Å²) in [6, 6.07) is 4.01. The summed E-state index contributed by atoms with van der Waals surface area (Å²) in [5.74, 6) is -0.0137. The molecule has 2 aromatic heterocycles. The molecule has 1 aliphatic heterocycles. The zero-order valence-corrected chi connectivity index (χ0v) is 17.0. The Morgan fingerprint density at radius 3 is 2.59 bits per heavy atom. The van der Waals surface area contributed by atoms with Crippen LogP contribution in [0.1, 0.15) is 36.8 Å². The highest BCUT2D eigenvalue weighted by Gasteiger charge is 2.27. The molecular formula is C19H25N9O. The Balaban J connectivity index is 1.71. The lowest BCUT2D eigenvalue weighted by molar-refractivity contribution is 0.0995. The molecule has 152 valence electrons. The van der Waals surface area contributed by atoms with Crippen LogP contribution in [0.2, 0.25) is 0 Å². The highest BCUT2D eigenvalue weighted by atomic mass is 16.1. The molecule has 1 amide bonds. The molecule has 29 heavy (non-hydrogen) atoms. The summed E-state index contributed by atoms with van der Waals surface area (Å²) in [7, 11) is 0. The van der Waals surface area contributed by atoms with E-state index in [9.17, 15) is 4.79 Å². The van der Waals surface area contributed by atoms with Crippen molar-refractivity contribution in [1.82, 2.24) is 25.0 Å². The van der Waals surface area contributed by atoms with Crippen molar-refractivity contribution in [1.29, 1.82) is 0 Å². The van der Waals surface area contributed by atoms with Crippen molar-refractivity contribution in [3.63, 3.8) is 0 Å². The Hall–Kier alpha value is -3.27. The predicted octanol–water partition coefficient (Wildman–Crippen LogP) is 1.27. The molecule has 5 N–H and O–H groups in total. The zero-order valence-electron chi connectivity index (χ0n) is 17.0. The number of nitrogens with one attached hydrogen (secondary N) is 1. The average molecular weight is 395 g/mol. The number of rotatable bonds is 4. The lowest BCUT2D eigenvalue weighted by Crippen LogP contribution is -2.56. The van der Waals surface area contributed by atoms with Crippen molar-refractivity contribution in [3.05, 3.63) is 29.6 Å². The topological polar surface area (TPSA) is 141 Å². The monoisotopic (exact) mass is 395 g/mol. The maximum absolute atomic E-state index is 11.8. The van der Waals surface area contributed by atoms with Crippen LogP contribution in [0.4, 0.5) is 17.5 Å². The fourth-order valence-corrected chi connectivity index (χ4v) is 3.24. The van der Waals surface area contributed by atoms with E-state index in [1.807, 2.05) is 34.8 Å². The van der Waals surface area contributed by atoms with Crippen molar-refractivity contribution in [3.8, 4) is 0 Å². The Kier molecular flexibility index (Phi) is 4.38. The van der Waals surface area contributed by atoms with Crippen LogP contribution < -0.4 is 21.7 Å². The smallest absolute Gasteiger partial charge is 0.273 e. The van der Waals surface area contributed by atoms with E-state index in [-0.39, 0.29) is 23.1 Å². The average Bonchev–Trinajstić information content (AvgIpc) is 3.04. The predicted molar refractivity (Wildman–Crippen MR) is 111 cm³/mol. The number of primary amides is 1. The van der Waals surface area contributed by atoms with Crippen molar-refractivity contribution in [2.24, 2.45) is 11.5 Å². The Bertz CT molecular complexity index is 1090. The van der Waals surface area contributed by atoms with Gasteiger partial charge in [0.05, 0.1) is 11.1 Å².